The first-order valence-corrected chi connectivity index (χ1v) is 10.0. The van der Waals surface area contributed by atoms with E-state index in [2.05, 4.69) is 41.8 Å². The van der Waals surface area contributed by atoms with Crippen molar-refractivity contribution in [2.24, 2.45) is 0 Å². The van der Waals surface area contributed by atoms with Gasteiger partial charge in [0.2, 0.25) is 0 Å². The summed E-state index contributed by atoms with van der Waals surface area (Å²) in [5.74, 6) is 1.32. The van der Waals surface area contributed by atoms with Gasteiger partial charge >= 0.3 is 0 Å². The van der Waals surface area contributed by atoms with Crippen LogP contribution in [-0.4, -0.2) is 55.4 Å². The maximum atomic E-state index is 10.3. The zero-order valence-electron chi connectivity index (χ0n) is 16.1. The molecule has 146 valence electrons. The summed E-state index contributed by atoms with van der Waals surface area (Å²) in [4.78, 5) is 4.62. The second kappa shape index (κ2) is 9.45. The number of benzene rings is 2. The van der Waals surface area contributed by atoms with E-state index in [9.17, 15) is 5.11 Å². The predicted molar refractivity (Wildman–Crippen MR) is 112 cm³/mol. The summed E-state index contributed by atoms with van der Waals surface area (Å²) < 4.78 is 5.75. The van der Waals surface area contributed by atoms with Gasteiger partial charge in [0, 0.05) is 43.4 Å². The van der Waals surface area contributed by atoms with Gasteiger partial charge in [-0.05, 0) is 41.8 Å². The second-order valence-electron chi connectivity index (χ2n) is 7.46. The summed E-state index contributed by atoms with van der Waals surface area (Å²) in [7, 11) is 0. The van der Waals surface area contributed by atoms with E-state index in [1.165, 1.54) is 5.56 Å². The molecule has 1 atom stereocenters. The van der Waals surface area contributed by atoms with Crippen molar-refractivity contribution in [1.82, 2.24) is 4.90 Å². The van der Waals surface area contributed by atoms with Gasteiger partial charge in [-0.15, -0.1) is 0 Å². The lowest BCUT2D eigenvalue weighted by molar-refractivity contribution is 0.0663. The highest BCUT2D eigenvalue weighted by atomic mass is 35.5. The van der Waals surface area contributed by atoms with Crippen molar-refractivity contribution in [3.63, 3.8) is 0 Å². The minimum absolute atomic E-state index is 0.315. The van der Waals surface area contributed by atoms with Crippen LogP contribution in [0.1, 0.15) is 25.3 Å². The zero-order chi connectivity index (χ0) is 19.2. The van der Waals surface area contributed by atoms with Crippen molar-refractivity contribution in [2.45, 2.75) is 25.9 Å². The van der Waals surface area contributed by atoms with E-state index in [1.807, 2.05) is 30.3 Å². The van der Waals surface area contributed by atoms with Crippen molar-refractivity contribution in [2.75, 3.05) is 44.2 Å². The topological polar surface area (TPSA) is 35.9 Å². The molecule has 5 heteroatoms. The lowest BCUT2D eigenvalue weighted by atomic mass is 10.0. The Morgan fingerprint density at radius 1 is 1.04 bits per heavy atom. The van der Waals surface area contributed by atoms with Gasteiger partial charge < -0.3 is 14.7 Å². The van der Waals surface area contributed by atoms with Crippen LogP contribution in [0.15, 0.2) is 48.5 Å². The van der Waals surface area contributed by atoms with E-state index in [1.54, 1.807) is 0 Å². The third-order valence-corrected chi connectivity index (χ3v) is 5.24. The number of rotatable bonds is 7. The third kappa shape index (κ3) is 5.86. The Morgan fingerprint density at radius 3 is 2.37 bits per heavy atom. The van der Waals surface area contributed by atoms with Gasteiger partial charge in [0.05, 0.1) is 0 Å². The fraction of sp³-hybridized carbons (Fsp3) is 0.455. The number of β-amino-alcohol motifs (C(OH)–C–C–N with tert-alkyl or cyclic N) is 1. The van der Waals surface area contributed by atoms with Crippen LogP contribution < -0.4 is 9.64 Å². The number of anilines is 1. The highest BCUT2D eigenvalue weighted by Crippen LogP contribution is 2.21. The number of nitrogens with zero attached hydrogens (tertiary/aromatic N) is 2. The Kier molecular flexibility index (Phi) is 7.00. The van der Waals surface area contributed by atoms with Crippen LogP contribution in [0.5, 0.6) is 5.75 Å². The normalized spacial score (nSPS) is 16.6. The summed E-state index contributed by atoms with van der Waals surface area (Å²) in [6.07, 6.45) is -0.493. The fourth-order valence-corrected chi connectivity index (χ4v) is 3.54. The van der Waals surface area contributed by atoms with Crippen molar-refractivity contribution >= 4 is 17.3 Å². The maximum absolute atomic E-state index is 10.3. The summed E-state index contributed by atoms with van der Waals surface area (Å²) in [5.41, 5.74) is 2.45. The monoisotopic (exact) mass is 388 g/mol. The number of hydrogen-bond donors (Lipinski definition) is 1. The van der Waals surface area contributed by atoms with Crippen molar-refractivity contribution < 1.29 is 9.84 Å². The Hall–Kier alpha value is -1.75. The van der Waals surface area contributed by atoms with E-state index in [0.717, 1.165) is 42.6 Å². The van der Waals surface area contributed by atoms with Gasteiger partial charge in [-0.25, -0.2) is 0 Å². The number of aliphatic hydroxyl groups excluding tert-OH is 1. The molecule has 2 aromatic rings. The van der Waals surface area contributed by atoms with Crippen molar-refractivity contribution in [1.29, 1.82) is 0 Å². The minimum Gasteiger partial charge on any atom is -0.491 e. The quantitative estimate of drug-likeness (QED) is 0.777. The highest BCUT2D eigenvalue weighted by Gasteiger charge is 2.20. The molecular formula is C22H29ClN2O2. The molecule has 2 aromatic carbocycles. The SMILES string of the molecule is CC(C)c1ccc(OC[C@H](O)CN2CCN(c3cccc(Cl)c3)CC2)cc1. The molecule has 1 aliphatic rings. The molecule has 1 saturated heterocycles. The van der Waals surface area contributed by atoms with Crippen LogP contribution in [-0.2, 0) is 0 Å². The molecule has 0 unspecified atom stereocenters. The van der Waals surface area contributed by atoms with Crippen molar-refractivity contribution in [3.05, 3.63) is 59.1 Å². The van der Waals surface area contributed by atoms with Crippen molar-refractivity contribution in [3.8, 4) is 5.75 Å². The maximum Gasteiger partial charge on any atom is 0.119 e. The summed E-state index contributed by atoms with van der Waals surface area (Å²) in [5, 5.41) is 11.1. The van der Waals surface area contributed by atoms with E-state index in [0.29, 0.717) is 19.1 Å². The standard InChI is InChI=1S/C22H29ClN2O2/c1-17(2)18-6-8-22(9-7-18)27-16-21(26)15-24-10-12-25(13-11-24)20-5-3-4-19(23)14-20/h3-9,14,17,21,26H,10-13,15-16H2,1-2H3/t21-/m1/s1. The predicted octanol–water partition coefficient (Wildman–Crippen LogP) is 4.03. The van der Waals surface area contributed by atoms with Crippen LogP contribution >= 0.6 is 11.6 Å². The number of ether oxygens (including phenoxy) is 1. The molecule has 0 amide bonds. The highest BCUT2D eigenvalue weighted by molar-refractivity contribution is 6.30. The van der Waals surface area contributed by atoms with Crippen LogP contribution in [0.3, 0.4) is 0 Å². The molecule has 0 bridgehead atoms. The second-order valence-corrected chi connectivity index (χ2v) is 7.89. The molecule has 0 radical (unpaired) electrons. The van der Waals surface area contributed by atoms with Crippen LogP contribution in [0.25, 0.3) is 0 Å². The Labute approximate surface area is 167 Å². The van der Waals surface area contributed by atoms with Gasteiger partial charge in [0.15, 0.2) is 0 Å². The first-order valence-electron chi connectivity index (χ1n) is 9.65. The molecule has 4 nitrogen and oxygen atoms in total. The lowest BCUT2D eigenvalue weighted by Gasteiger charge is -2.36. The molecule has 0 spiro atoms. The van der Waals surface area contributed by atoms with Crippen LogP contribution in [0.4, 0.5) is 5.69 Å². The fourth-order valence-electron chi connectivity index (χ4n) is 3.35. The summed E-state index contributed by atoms with van der Waals surface area (Å²) >= 11 is 6.09. The average Bonchev–Trinajstić information content (AvgIpc) is 2.67. The number of aliphatic hydroxyl groups is 1. The number of hydrogen-bond acceptors (Lipinski definition) is 4. The van der Waals surface area contributed by atoms with Gasteiger partial charge in [-0.1, -0.05) is 43.6 Å². The zero-order valence-corrected chi connectivity index (χ0v) is 16.9. The van der Waals surface area contributed by atoms with Gasteiger partial charge in [-0.3, -0.25) is 4.90 Å². The smallest absolute Gasteiger partial charge is 0.119 e. The largest absolute Gasteiger partial charge is 0.491 e. The van der Waals surface area contributed by atoms with Gasteiger partial charge in [0.1, 0.15) is 18.5 Å². The molecule has 0 aliphatic carbocycles. The average molecular weight is 389 g/mol. The number of halogens is 1. The van der Waals surface area contributed by atoms with Gasteiger partial charge in [-0.2, -0.15) is 0 Å². The summed E-state index contributed by atoms with van der Waals surface area (Å²) in [6.45, 7) is 9.01. The molecule has 27 heavy (non-hydrogen) atoms. The van der Waals surface area contributed by atoms with E-state index in [4.69, 9.17) is 16.3 Å². The Bertz CT molecular complexity index is 713. The first-order chi connectivity index (χ1) is 13.0. The van der Waals surface area contributed by atoms with Crippen LogP contribution in [0.2, 0.25) is 5.02 Å². The molecule has 1 aliphatic heterocycles. The first kappa shape index (κ1) is 20.0. The van der Waals surface area contributed by atoms with Crippen LogP contribution in [0, 0.1) is 0 Å². The molecule has 1 N–H and O–H groups in total. The third-order valence-electron chi connectivity index (χ3n) is 5.00. The molecule has 0 aromatic heterocycles. The molecule has 0 saturated carbocycles. The molecule has 3 rings (SSSR count). The lowest BCUT2D eigenvalue weighted by Crippen LogP contribution is -2.49. The molecular weight excluding hydrogens is 360 g/mol. The minimum atomic E-state index is -0.493. The molecule has 1 heterocycles. The number of piperazine rings is 1. The Morgan fingerprint density at radius 2 is 1.74 bits per heavy atom. The Balaban J connectivity index is 1.41. The van der Waals surface area contributed by atoms with E-state index >= 15 is 0 Å². The van der Waals surface area contributed by atoms with E-state index < -0.39 is 6.10 Å². The van der Waals surface area contributed by atoms with Gasteiger partial charge in [0.25, 0.3) is 0 Å². The summed E-state index contributed by atoms with van der Waals surface area (Å²) in [6, 6.07) is 16.1. The van der Waals surface area contributed by atoms with E-state index in [-0.39, 0.29) is 0 Å². The molecule has 1 fully saturated rings.